The summed E-state index contributed by atoms with van der Waals surface area (Å²) in [4.78, 5) is 33.0. The van der Waals surface area contributed by atoms with E-state index >= 15 is 0 Å². The second-order valence-corrected chi connectivity index (χ2v) is 4.31. The number of amides is 1. The molecule has 0 saturated heterocycles. The van der Waals surface area contributed by atoms with Gasteiger partial charge in [0.2, 0.25) is 5.69 Å². The molecule has 1 unspecified atom stereocenters. The van der Waals surface area contributed by atoms with Crippen LogP contribution in [0.3, 0.4) is 0 Å². The molecular weight excluding hydrogens is 268 g/mol. The molecule has 20 heavy (non-hydrogen) atoms. The third kappa shape index (κ3) is 3.11. The number of nitro groups is 1. The van der Waals surface area contributed by atoms with Crippen molar-refractivity contribution in [2.75, 3.05) is 0 Å². The monoisotopic (exact) mass is 284 g/mol. The number of carbonyl (C=O) groups excluding carboxylic acids is 1. The van der Waals surface area contributed by atoms with E-state index < -0.39 is 22.8 Å². The molecule has 2 N–H and O–H groups in total. The van der Waals surface area contributed by atoms with Crippen LogP contribution in [0.1, 0.15) is 36.5 Å². The van der Waals surface area contributed by atoms with Gasteiger partial charge in [-0.1, -0.05) is 13.3 Å². The van der Waals surface area contributed by atoms with Gasteiger partial charge in [-0.05, 0) is 13.3 Å². The summed E-state index contributed by atoms with van der Waals surface area (Å²) in [7, 11) is 1.51. The van der Waals surface area contributed by atoms with Crippen molar-refractivity contribution in [3.63, 3.8) is 0 Å². The number of carbonyl (C=O) groups is 2. The molecule has 1 heterocycles. The van der Waals surface area contributed by atoms with Gasteiger partial charge in [-0.25, -0.2) is 0 Å². The number of carboxylic acids is 1. The quantitative estimate of drug-likeness (QED) is 0.577. The van der Waals surface area contributed by atoms with Crippen LogP contribution >= 0.6 is 0 Å². The van der Waals surface area contributed by atoms with Gasteiger partial charge in [-0.2, -0.15) is 5.10 Å². The SMILES string of the molecule is CCCc1c([N+](=O)[O-])c(C(=O)NC(C)C(=O)O)nn1C. The highest BCUT2D eigenvalue weighted by Crippen LogP contribution is 2.24. The largest absolute Gasteiger partial charge is 0.480 e. The lowest BCUT2D eigenvalue weighted by molar-refractivity contribution is -0.385. The van der Waals surface area contributed by atoms with Crippen molar-refractivity contribution in [1.29, 1.82) is 0 Å². The minimum absolute atomic E-state index is 0.339. The first-order valence-corrected chi connectivity index (χ1v) is 6.03. The topological polar surface area (TPSA) is 127 Å². The molecule has 9 nitrogen and oxygen atoms in total. The predicted octanol–water partition coefficient (Wildman–Crippen LogP) is 0.484. The van der Waals surface area contributed by atoms with Crippen LogP contribution in [0.2, 0.25) is 0 Å². The normalized spacial score (nSPS) is 11.9. The Balaban J connectivity index is 3.18. The summed E-state index contributed by atoms with van der Waals surface area (Å²) in [6, 6.07) is -1.15. The van der Waals surface area contributed by atoms with Crippen LogP contribution in [-0.4, -0.2) is 37.7 Å². The second kappa shape index (κ2) is 6.13. The maximum atomic E-state index is 11.9. The maximum Gasteiger partial charge on any atom is 0.325 e. The standard InChI is InChI=1S/C11H16N4O5/c1-4-5-7-9(15(19)20)8(13-14(7)3)10(16)12-6(2)11(17)18/h6H,4-5H2,1-3H3,(H,12,16)(H,17,18). The molecule has 0 aromatic carbocycles. The van der Waals surface area contributed by atoms with Crippen LogP contribution in [0, 0.1) is 10.1 Å². The lowest BCUT2D eigenvalue weighted by Gasteiger charge is -2.06. The molecule has 1 rings (SSSR count). The van der Waals surface area contributed by atoms with Gasteiger partial charge in [0.05, 0.1) is 4.92 Å². The molecule has 0 spiro atoms. The number of hydrogen-bond acceptors (Lipinski definition) is 5. The van der Waals surface area contributed by atoms with Crippen molar-refractivity contribution in [3.8, 4) is 0 Å². The third-order valence-corrected chi connectivity index (χ3v) is 2.74. The van der Waals surface area contributed by atoms with Crippen LogP contribution in [0.15, 0.2) is 0 Å². The number of hydrogen-bond donors (Lipinski definition) is 2. The number of nitrogens with one attached hydrogen (secondary N) is 1. The highest BCUT2D eigenvalue weighted by Gasteiger charge is 2.31. The minimum Gasteiger partial charge on any atom is -0.480 e. The molecule has 110 valence electrons. The number of aromatic nitrogens is 2. The molecule has 1 atom stereocenters. The Morgan fingerprint density at radius 2 is 2.15 bits per heavy atom. The lowest BCUT2D eigenvalue weighted by Crippen LogP contribution is -2.38. The average Bonchev–Trinajstić information content (AvgIpc) is 2.67. The number of aliphatic carboxylic acids is 1. The summed E-state index contributed by atoms with van der Waals surface area (Å²) in [6.07, 6.45) is 1.06. The van der Waals surface area contributed by atoms with Crippen LogP contribution in [0.4, 0.5) is 5.69 Å². The first kappa shape index (κ1) is 15.6. The van der Waals surface area contributed by atoms with Crippen LogP contribution in [-0.2, 0) is 18.3 Å². The average molecular weight is 284 g/mol. The van der Waals surface area contributed by atoms with E-state index in [1.807, 2.05) is 6.92 Å². The van der Waals surface area contributed by atoms with Gasteiger partial charge >= 0.3 is 11.7 Å². The molecule has 0 radical (unpaired) electrons. The van der Waals surface area contributed by atoms with E-state index in [2.05, 4.69) is 10.4 Å². The Hall–Kier alpha value is -2.45. The summed E-state index contributed by atoms with van der Waals surface area (Å²) in [5.41, 5.74) is -0.399. The summed E-state index contributed by atoms with van der Waals surface area (Å²) in [5.74, 6) is -2.10. The van der Waals surface area contributed by atoms with Crippen LogP contribution in [0.25, 0.3) is 0 Å². The molecule has 0 aliphatic rings. The van der Waals surface area contributed by atoms with Crippen molar-refractivity contribution in [2.24, 2.45) is 7.05 Å². The minimum atomic E-state index is -1.23. The van der Waals surface area contributed by atoms with E-state index in [9.17, 15) is 19.7 Å². The number of carboxylic acid groups (broad SMARTS) is 1. The van der Waals surface area contributed by atoms with Crippen molar-refractivity contribution in [1.82, 2.24) is 15.1 Å². The molecule has 1 aromatic heterocycles. The summed E-state index contributed by atoms with van der Waals surface area (Å²) in [6.45, 7) is 3.12. The smallest absolute Gasteiger partial charge is 0.325 e. The molecule has 1 amide bonds. The lowest BCUT2D eigenvalue weighted by atomic mass is 10.2. The number of nitrogens with zero attached hydrogens (tertiary/aromatic N) is 3. The van der Waals surface area contributed by atoms with E-state index in [0.717, 1.165) is 0 Å². The van der Waals surface area contributed by atoms with Crippen molar-refractivity contribution in [2.45, 2.75) is 32.7 Å². The maximum absolute atomic E-state index is 11.9. The summed E-state index contributed by atoms with van der Waals surface area (Å²) in [5, 5.41) is 25.8. The van der Waals surface area contributed by atoms with Crippen molar-refractivity contribution in [3.05, 3.63) is 21.5 Å². The van der Waals surface area contributed by atoms with Gasteiger partial charge in [-0.15, -0.1) is 0 Å². The Morgan fingerprint density at radius 1 is 1.55 bits per heavy atom. The van der Waals surface area contributed by atoms with Crippen LogP contribution in [0.5, 0.6) is 0 Å². The van der Waals surface area contributed by atoms with E-state index in [0.29, 0.717) is 18.5 Å². The van der Waals surface area contributed by atoms with Gasteiger partial charge < -0.3 is 10.4 Å². The van der Waals surface area contributed by atoms with Crippen molar-refractivity contribution < 1.29 is 19.6 Å². The fourth-order valence-corrected chi connectivity index (χ4v) is 1.74. The Labute approximate surface area is 114 Å². The number of aryl methyl sites for hydroxylation is 1. The highest BCUT2D eigenvalue weighted by atomic mass is 16.6. The molecular formula is C11H16N4O5. The van der Waals surface area contributed by atoms with Gasteiger partial charge in [0.1, 0.15) is 11.7 Å². The van der Waals surface area contributed by atoms with Gasteiger partial charge in [0.25, 0.3) is 5.91 Å². The summed E-state index contributed by atoms with van der Waals surface area (Å²) >= 11 is 0. The van der Waals surface area contributed by atoms with Crippen LogP contribution < -0.4 is 5.32 Å². The third-order valence-electron chi connectivity index (χ3n) is 2.74. The molecule has 0 saturated carbocycles. The highest BCUT2D eigenvalue weighted by molar-refractivity contribution is 5.98. The van der Waals surface area contributed by atoms with Gasteiger partial charge in [0.15, 0.2) is 0 Å². The fourth-order valence-electron chi connectivity index (χ4n) is 1.74. The van der Waals surface area contributed by atoms with E-state index in [4.69, 9.17) is 5.11 Å². The van der Waals surface area contributed by atoms with E-state index in [-0.39, 0.29) is 11.4 Å². The first-order chi connectivity index (χ1) is 9.29. The molecule has 1 aromatic rings. The van der Waals surface area contributed by atoms with E-state index in [1.54, 1.807) is 0 Å². The predicted molar refractivity (Wildman–Crippen MR) is 68.4 cm³/mol. The summed E-state index contributed by atoms with van der Waals surface area (Å²) < 4.78 is 1.28. The van der Waals surface area contributed by atoms with Gasteiger partial charge in [-0.3, -0.25) is 24.4 Å². The Kier molecular flexibility index (Phi) is 4.78. The molecule has 0 aliphatic heterocycles. The first-order valence-electron chi connectivity index (χ1n) is 6.03. The molecule has 0 bridgehead atoms. The fraction of sp³-hybridized carbons (Fsp3) is 0.545. The second-order valence-electron chi connectivity index (χ2n) is 4.31. The van der Waals surface area contributed by atoms with Crippen molar-refractivity contribution >= 4 is 17.6 Å². The zero-order valence-electron chi connectivity index (χ0n) is 11.4. The molecule has 9 heteroatoms. The zero-order valence-corrected chi connectivity index (χ0v) is 11.4. The number of rotatable bonds is 6. The zero-order chi connectivity index (χ0) is 15.4. The molecule has 0 aliphatic carbocycles. The Bertz CT molecular complexity index is 551. The molecule has 0 fully saturated rings. The Morgan fingerprint density at radius 3 is 2.60 bits per heavy atom. The van der Waals surface area contributed by atoms with E-state index in [1.165, 1.54) is 18.7 Å². The van der Waals surface area contributed by atoms with Gasteiger partial charge in [0, 0.05) is 7.05 Å².